The zero-order valence-electron chi connectivity index (χ0n) is 10.7. The van der Waals surface area contributed by atoms with Gasteiger partial charge in [0, 0.05) is 0 Å². The van der Waals surface area contributed by atoms with Gasteiger partial charge in [-0.25, -0.2) is 4.79 Å². The summed E-state index contributed by atoms with van der Waals surface area (Å²) in [6.45, 7) is 9.59. The summed E-state index contributed by atoms with van der Waals surface area (Å²) < 4.78 is 10.3. The van der Waals surface area contributed by atoms with Gasteiger partial charge in [0.05, 0.1) is 18.8 Å². The normalized spacial score (nSPS) is 10.2. The molecule has 1 aromatic carbocycles. The number of benzene rings is 1. The molecule has 0 atom stereocenters. The number of ether oxygens (including phenoxy) is 2. The van der Waals surface area contributed by atoms with Crippen LogP contribution in [-0.4, -0.2) is 19.2 Å². The lowest BCUT2D eigenvalue weighted by Crippen LogP contribution is -2.07. The fraction of sp³-hybridized carbons (Fsp3) is 0.357. The van der Waals surface area contributed by atoms with Crippen molar-refractivity contribution in [1.29, 1.82) is 0 Å². The molecule has 17 heavy (non-hydrogen) atoms. The molecule has 0 fully saturated rings. The van der Waals surface area contributed by atoms with Crippen LogP contribution in [0.4, 0.5) is 0 Å². The van der Waals surface area contributed by atoms with Gasteiger partial charge < -0.3 is 9.47 Å². The van der Waals surface area contributed by atoms with Gasteiger partial charge in [-0.15, -0.1) is 0 Å². The molecule has 0 spiro atoms. The molecule has 0 unspecified atom stereocenters. The van der Waals surface area contributed by atoms with Crippen molar-refractivity contribution in [2.75, 3.05) is 7.11 Å². The smallest absolute Gasteiger partial charge is 0.337 e. The molecule has 0 saturated carbocycles. The van der Waals surface area contributed by atoms with Gasteiger partial charge in [-0.1, -0.05) is 12.6 Å². The third-order valence-electron chi connectivity index (χ3n) is 2.32. The molecule has 0 amide bonds. The Bertz CT molecular complexity index is 433. The Labute approximate surface area is 102 Å². The van der Waals surface area contributed by atoms with Crippen molar-refractivity contribution in [2.45, 2.75) is 26.9 Å². The van der Waals surface area contributed by atoms with Crippen LogP contribution in [-0.2, 0) is 9.53 Å². The third kappa shape index (κ3) is 3.34. The summed E-state index contributed by atoms with van der Waals surface area (Å²) in [4.78, 5) is 11.3. The number of hydrogen-bond acceptors (Lipinski definition) is 3. The first-order chi connectivity index (χ1) is 7.95. The van der Waals surface area contributed by atoms with Crippen LogP contribution in [0.3, 0.4) is 0 Å². The summed E-state index contributed by atoms with van der Waals surface area (Å²) in [5.74, 6) is 0.406. The van der Waals surface area contributed by atoms with Crippen LogP contribution < -0.4 is 4.74 Å². The van der Waals surface area contributed by atoms with Gasteiger partial charge in [0.25, 0.3) is 0 Å². The van der Waals surface area contributed by atoms with E-state index in [0.717, 1.165) is 16.9 Å². The molecular weight excluding hydrogens is 216 g/mol. The van der Waals surface area contributed by atoms with Crippen LogP contribution >= 0.6 is 0 Å². The minimum atomic E-state index is -0.415. The van der Waals surface area contributed by atoms with Gasteiger partial charge in [0.15, 0.2) is 0 Å². The fourth-order valence-electron chi connectivity index (χ4n) is 1.46. The van der Waals surface area contributed by atoms with Gasteiger partial charge in [-0.05, 0) is 44.0 Å². The highest BCUT2D eigenvalue weighted by atomic mass is 16.5. The number of aryl methyl sites for hydroxylation is 1. The monoisotopic (exact) mass is 234 g/mol. The van der Waals surface area contributed by atoms with Crippen LogP contribution in [0.1, 0.15) is 25.0 Å². The van der Waals surface area contributed by atoms with Crippen LogP contribution in [0.15, 0.2) is 24.8 Å². The van der Waals surface area contributed by atoms with E-state index in [9.17, 15) is 4.79 Å². The maximum absolute atomic E-state index is 11.3. The van der Waals surface area contributed by atoms with Crippen molar-refractivity contribution in [3.05, 3.63) is 35.9 Å². The number of carbonyl (C=O) groups excluding carboxylic acids is 1. The molecule has 0 bridgehead atoms. The van der Waals surface area contributed by atoms with Crippen LogP contribution in [0.2, 0.25) is 0 Å². The van der Waals surface area contributed by atoms with Gasteiger partial charge in [-0.3, -0.25) is 0 Å². The Kier molecular flexibility index (Phi) is 4.32. The van der Waals surface area contributed by atoms with Crippen molar-refractivity contribution in [3.8, 4) is 5.75 Å². The third-order valence-corrected chi connectivity index (χ3v) is 2.32. The lowest BCUT2D eigenvalue weighted by atomic mass is 10.0. The molecular formula is C14H18O3. The number of esters is 1. The van der Waals surface area contributed by atoms with Gasteiger partial charge in [0.2, 0.25) is 0 Å². The van der Waals surface area contributed by atoms with Crippen molar-refractivity contribution >= 4 is 11.5 Å². The van der Waals surface area contributed by atoms with E-state index in [2.05, 4.69) is 11.3 Å². The molecule has 3 heteroatoms. The predicted molar refractivity (Wildman–Crippen MR) is 68.0 cm³/mol. The fourth-order valence-corrected chi connectivity index (χ4v) is 1.46. The Morgan fingerprint density at radius 1 is 1.35 bits per heavy atom. The average Bonchev–Trinajstić information content (AvgIpc) is 2.29. The van der Waals surface area contributed by atoms with Gasteiger partial charge in [0.1, 0.15) is 5.75 Å². The molecule has 3 nitrogen and oxygen atoms in total. The SMILES string of the molecule is C=C(C(=O)OC)c1ccc(OC(C)C)c(C)c1. The lowest BCUT2D eigenvalue weighted by Gasteiger charge is -2.13. The average molecular weight is 234 g/mol. The molecule has 0 aliphatic carbocycles. The van der Waals surface area contributed by atoms with E-state index in [1.54, 1.807) is 0 Å². The minimum Gasteiger partial charge on any atom is -0.491 e. The van der Waals surface area contributed by atoms with Crippen molar-refractivity contribution in [1.82, 2.24) is 0 Å². The summed E-state index contributed by atoms with van der Waals surface area (Å²) >= 11 is 0. The summed E-state index contributed by atoms with van der Waals surface area (Å²) in [5.41, 5.74) is 2.08. The zero-order chi connectivity index (χ0) is 13.0. The van der Waals surface area contributed by atoms with Crippen LogP contribution in [0.5, 0.6) is 5.75 Å². The van der Waals surface area contributed by atoms with Crippen molar-refractivity contribution in [2.24, 2.45) is 0 Å². The highest BCUT2D eigenvalue weighted by Crippen LogP contribution is 2.24. The van der Waals surface area contributed by atoms with E-state index in [-0.39, 0.29) is 6.10 Å². The van der Waals surface area contributed by atoms with Gasteiger partial charge >= 0.3 is 5.97 Å². The second kappa shape index (κ2) is 5.53. The van der Waals surface area contributed by atoms with E-state index in [4.69, 9.17) is 4.74 Å². The first-order valence-corrected chi connectivity index (χ1v) is 5.50. The van der Waals surface area contributed by atoms with Gasteiger partial charge in [-0.2, -0.15) is 0 Å². The molecule has 0 aliphatic rings. The lowest BCUT2D eigenvalue weighted by molar-refractivity contribution is -0.133. The summed E-state index contributed by atoms with van der Waals surface area (Å²) in [7, 11) is 1.34. The minimum absolute atomic E-state index is 0.128. The molecule has 0 radical (unpaired) electrons. The predicted octanol–water partition coefficient (Wildman–Crippen LogP) is 2.97. The maximum atomic E-state index is 11.3. The number of carbonyl (C=O) groups is 1. The summed E-state index contributed by atoms with van der Waals surface area (Å²) in [6, 6.07) is 5.53. The topological polar surface area (TPSA) is 35.5 Å². The molecule has 0 saturated heterocycles. The van der Waals surface area contributed by atoms with E-state index in [1.807, 2.05) is 39.0 Å². The molecule has 0 N–H and O–H groups in total. The number of rotatable bonds is 4. The van der Waals surface area contributed by atoms with Crippen LogP contribution in [0.25, 0.3) is 5.57 Å². The van der Waals surface area contributed by atoms with E-state index in [0.29, 0.717) is 5.57 Å². The molecule has 1 rings (SSSR count). The summed E-state index contributed by atoms with van der Waals surface area (Å²) in [5, 5.41) is 0. The van der Waals surface area contributed by atoms with E-state index < -0.39 is 5.97 Å². The second-order valence-electron chi connectivity index (χ2n) is 4.12. The standard InChI is InChI=1S/C14H18O3/c1-9(2)17-13-7-6-12(8-10(13)3)11(4)14(15)16-5/h6-9H,4H2,1-3,5H3. The Morgan fingerprint density at radius 2 is 2.00 bits per heavy atom. The maximum Gasteiger partial charge on any atom is 0.337 e. The Hall–Kier alpha value is -1.77. The Morgan fingerprint density at radius 3 is 2.47 bits per heavy atom. The first kappa shape index (κ1) is 13.3. The largest absolute Gasteiger partial charge is 0.491 e. The first-order valence-electron chi connectivity index (χ1n) is 5.50. The van der Waals surface area contributed by atoms with E-state index in [1.165, 1.54) is 7.11 Å². The summed E-state index contributed by atoms with van der Waals surface area (Å²) in [6.07, 6.45) is 0.128. The molecule has 0 aliphatic heterocycles. The second-order valence-corrected chi connectivity index (χ2v) is 4.12. The quantitative estimate of drug-likeness (QED) is 0.593. The zero-order valence-corrected chi connectivity index (χ0v) is 10.7. The highest BCUT2D eigenvalue weighted by Gasteiger charge is 2.11. The molecule has 1 aromatic rings. The van der Waals surface area contributed by atoms with Crippen molar-refractivity contribution < 1.29 is 14.3 Å². The molecule has 0 heterocycles. The van der Waals surface area contributed by atoms with Crippen LogP contribution in [0, 0.1) is 6.92 Å². The highest BCUT2D eigenvalue weighted by molar-refractivity contribution is 6.15. The van der Waals surface area contributed by atoms with E-state index >= 15 is 0 Å². The number of hydrogen-bond donors (Lipinski definition) is 0. The number of methoxy groups -OCH3 is 1. The van der Waals surface area contributed by atoms with Crippen molar-refractivity contribution in [3.63, 3.8) is 0 Å². The molecule has 92 valence electrons. The molecule has 0 aromatic heterocycles. The Balaban J connectivity index is 2.96.